The van der Waals surface area contributed by atoms with Crippen LogP contribution in [-0.2, 0) is 45.2 Å². The van der Waals surface area contributed by atoms with E-state index in [1.54, 1.807) is 0 Å². The summed E-state index contributed by atoms with van der Waals surface area (Å²) in [6.07, 6.45) is 0.885. The van der Waals surface area contributed by atoms with Gasteiger partial charge < -0.3 is 19.5 Å². The number of nitrogens with one attached hydrogen (secondary N) is 1. The van der Waals surface area contributed by atoms with E-state index in [1.165, 1.54) is 5.56 Å². The summed E-state index contributed by atoms with van der Waals surface area (Å²) >= 11 is 0. The number of piperidine rings is 1. The molecular formula is C35H37NO4. The lowest BCUT2D eigenvalue weighted by molar-refractivity contribution is -0.188. The van der Waals surface area contributed by atoms with Crippen LogP contribution in [0.25, 0.3) is 0 Å². The van der Waals surface area contributed by atoms with E-state index in [9.17, 15) is 4.79 Å². The van der Waals surface area contributed by atoms with Gasteiger partial charge in [-0.3, -0.25) is 4.79 Å². The number of rotatable bonds is 13. The van der Waals surface area contributed by atoms with Crippen molar-refractivity contribution in [1.82, 2.24) is 5.32 Å². The second-order valence-corrected chi connectivity index (χ2v) is 10.2. The Morgan fingerprint density at radius 2 is 0.950 bits per heavy atom. The Morgan fingerprint density at radius 3 is 1.45 bits per heavy atom. The molecule has 1 fully saturated rings. The van der Waals surface area contributed by atoms with Crippen molar-refractivity contribution in [2.75, 3.05) is 0 Å². The molecule has 5 rings (SSSR count). The Bertz CT molecular complexity index is 1280. The van der Waals surface area contributed by atoms with Crippen molar-refractivity contribution in [2.45, 2.75) is 63.4 Å². The molecule has 4 aromatic carbocycles. The van der Waals surface area contributed by atoms with E-state index < -0.39 is 12.2 Å². The van der Waals surface area contributed by atoms with Crippen LogP contribution in [0.15, 0.2) is 121 Å². The second-order valence-electron chi connectivity index (χ2n) is 10.2. The number of hydrogen-bond acceptors (Lipinski definition) is 4. The summed E-state index contributed by atoms with van der Waals surface area (Å²) in [6, 6.07) is 40.3. The quantitative estimate of drug-likeness (QED) is 0.219. The number of hydrogen-bond donors (Lipinski definition) is 1. The molecule has 0 spiro atoms. The normalized spacial score (nSPS) is 20.6. The van der Waals surface area contributed by atoms with Crippen LogP contribution in [0.1, 0.15) is 35.1 Å². The molecule has 5 heteroatoms. The third-order valence-corrected chi connectivity index (χ3v) is 7.27. The number of ether oxygens (including phenoxy) is 3. The summed E-state index contributed by atoms with van der Waals surface area (Å²) in [7, 11) is 0. The van der Waals surface area contributed by atoms with E-state index in [0.29, 0.717) is 19.8 Å². The van der Waals surface area contributed by atoms with E-state index in [1.807, 2.05) is 84.9 Å². The highest BCUT2D eigenvalue weighted by atomic mass is 16.6. The highest BCUT2D eigenvalue weighted by molar-refractivity contribution is 5.83. The number of benzene rings is 4. The Balaban J connectivity index is 1.36. The Hall–Kier alpha value is -3.77. The smallest absolute Gasteiger partial charge is 0.252 e. The topological polar surface area (TPSA) is 56.8 Å². The third kappa shape index (κ3) is 7.89. The van der Waals surface area contributed by atoms with Crippen molar-refractivity contribution < 1.29 is 19.0 Å². The highest BCUT2D eigenvalue weighted by Crippen LogP contribution is 2.27. The van der Waals surface area contributed by atoms with Crippen LogP contribution in [-0.4, -0.2) is 30.3 Å². The molecule has 1 aliphatic heterocycles. The molecule has 0 bridgehead atoms. The van der Waals surface area contributed by atoms with Gasteiger partial charge in [-0.15, -0.1) is 0 Å². The predicted octanol–water partition coefficient (Wildman–Crippen LogP) is 6.26. The molecule has 0 saturated carbocycles. The van der Waals surface area contributed by atoms with Crippen LogP contribution in [0.5, 0.6) is 0 Å². The maximum Gasteiger partial charge on any atom is 0.252 e. The van der Waals surface area contributed by atoms with Crippen LogP contribution in [0.2, 0.25) is 0 Å². The summed E-state index contributed by atoms with van der Waals surface area (Å²) in [5.41, 5.74) is 4.40. The maximum atomic E-state index is 13.5. The van der Waals surface area contributed by atoms with E-state index in [0.717, 1.165) is 36.0 Å². The molecule has 1 saturated heterocycles. The summed E-state index contributed by atoms with van der Waals surface area (Å²) in [6.45, 7) is 1.10. The predicted molar refractivity (Wildman–Crippen MR) is 156 cm³/mol. The average Bonchev–Trinajstić information content (AvgIpc) is 3.01. The monoisotopic (exact) mass is 535 g/mol. The molecule has 0 aliphatic carbocycles. The number of carbonyl (C=O) groups excluding carboxylic acids is 1. The molecule has 4 atom stereocenters. The molecule has 0 radical (unpaired) electrons. The molecule has 0 unspecified atom stereocenters. The van der Waals surface area contributed by atoms with Gasteiger partial charge in [0, 0.05) is 0 Å². The fourth-order valence-electron chi connectivity index (χ4n) is 5.16. The summed E-state index contributed by atoms with van der Waals surface area (Å²) in [4.78, 5) is 13.5. The lowest BCUT2D eigenvalue weighted by Gasteiger charge is -2.42. The summed E-state index contributed by atoms with van der Waals surface area (Å²) in [5.74, 6) is -0.154. The van der Waals surface area contributed by atoms with Crippen molar-refractivity contribution in [2.24, 2.45) is 0 Å². The van der Waals surface area contributed by atoms with E-state index in [4.69, 9.17) is 14.2 Å². The van der Waals surface area contributed by atoms with Crippen LogP contribution < -0.4 is 5.32 Å². The third-order valence-electron chi connectivity index (χ3n) is 7.27. The van der Waals surface area contributed by atoms with Crippen molar-refractivity contribution in [3.63, 3.8) is 0 Å². The molecule has 4 aromatic rings. The lowest BCUT2D eigenvalue weighted by Crippen LogP contribution is -2.64. The number of carbonyl (C=O) groups is 1. The zero-order chi connectivity index (χ0) is 27.4. The fraction of sp³-hybridized carbons (Fsp3) is 0.286. The van der Waals surface area contributed by atoms with Gasteiger partial charge in [-0.1, -0.05) is 121 Å². The van der Waals surface area contributed by atoms with Gasteiger partial charge in [-0.05, 0) is 41.5 Å². The van der Waals surface area contributed by atoms with Crippen molar-refractivity contribution in [1.29, 1.82) is 0 Å². The van der Waals surface area contributed by atoms with Crippen LogP contribution in [0, 0.1) is 0 Å². The zero-order valence-electron chi connectivity index (χ0n) is 22.7. The Morgan fingerprint density at radius 1 is 0.525 bits per heavy atom. The van der Waals surface area contributed by atoms with Gasteiger partial charge >= 0.3 is 0 Å². The second kappa shape index (κ2) is 14.6. The maximum absolute atomic E-state index is 13.5. The average molecular weight is 536 g/mol. The molecule has 1 N–H and O–H groups in total. The standard InChI is InChI=1S/C35H37NO4/c37-35-34(40-26-30-20-11-4-12-21-30)33(39-25-29-18-9-3-10-19-29)32(38-24-28-16-7-2-8-17-28)31(36-35)23-13-22-27-14-5-1-6-15-27/h1-12,14-21,31-34H,13,22-26H2,(H,36,37)/t31-,32-,33+,34+/m1/s1. The van der Waals surface area contributed by atoms with Gasteiger partial charge in [0.1, 0.15) is 12.2 Å². The first-order valence-corrected chi connectivity index (χ1v) is 14.1. The molecule has 40 heavy (non-hydrogen) atoms. The molecule has 0 aromatic heterocycles. The first-order chi connectivity index (χ1) is 19.8. The van der Waals surface area contributed by atoms with Crippen LogP contribution in [0.3, 0.4) is 0 Å². The molecule has 1 amide bonds. The zero-order valence-corrected chi connectivity index (χ0v) is 22.7. The minimum Gasteiger partial charge on any atom is -0.369 e. The van der Waals surface area contributed by atoms with Gasteiger partial charge in [-0.25, -0.2) is 0 Å². The fourth-order valence-corrected chi connectivity index (χ4v) is 5.16. The van der Waals surface area contributed by atoms with Gasteiger partial charge in [-0.2, -0.15) is 0 Å². The first-order valence-electron chi connectivity index (χ1n) is 14.1. The van der Waals surface area contributed by atoms with E-state index in [-0.39, 0.29) is 18.1 Å². The van der Waals surface area contributed by atoms with Crippen LogP contribution in [0.4, 0.5) is 0 Å². The van der Waals surface area contributed by atoms with Gasteiger partial charge in [0.25, 0.3) is 5.91 Å². The summed E-state index contributed by atoms with van der Waals surface area (Å²) in [5, 5.41) is 3.23. The molecular weight excluding hydrogens is 498 g/mol. The van der Waals surface area contributed by atoms with Crippen LogP contribution >= 0.6 is 0 Å². The van der Waals surface area contributed by atoms with Gasteiger partial charge in [0.2, 0.25) is 0 Å². The lowest BCUT2D eigenvalue weighted by atomic mass is 9.90. The van der Waals surface area contributed by atoms with Crippen molar-refractivity contribution in [3.8, 4) is 0 Å². The van der Waals surface area contributed by atoms with Crippen molar-refractivity contribution >= 4 is 5.91 Å². The minimum absolute atomic E-state index is 0.154. The van der Waals surface area contributed by atoms with Crippen molar-refractivity contribution in [3.05, 3.63) is 144 Å². The van der Waals surface area contributed by atoms with Gasteiger partial charge in [0.15, 0.2) is 6.10 Å². The largest absolute Gasteiger partial charge is 0.369 e. The molecule has 1 heterocycles. The molecule has 1 aliphatic rings. The van der Waals surface area contributed by atoms with E-state index >= 15 is 0 Å². The van der Waals surface area contributed by atoms with Gasteiger partial charge in [0.05, 0.1) is 25.9 Å². The first kappa shape index (κ1) is 27.8. The highest BCUT2D eigenvalue weighted by Gasteiger charge is 2.46. The van der Waals surface area contributed by atoms with E-state index in [2.05, 4.69) is 41.7 Å². The SMILES string of the molecule is O=C1N[C@H](CCCc2ccccc2)[C@@H](OCc2ccccc2)[C@H](OCc2ccccc2)[C@@H]1OCc1ccccc1. The summed E-state index contributed by atoms with van der Waals surface area (Å²) < 4.78 is 19.4. The Labute approximate surface area is 237 Å². The number of amides is 1. The molecule has 5 nitrogen and oxygen atoms in total. The minimum atomic E-state index is -0.796. The number of aryl methyl sites for hydroxylation is 1. The molecule has 206 valence electrons. The Kier molecular flexibility index (Phi) is 10.1.